The van der Waals surface area contributed by atoms with E-state index < -0.39 is 20.5 Å². The van der Waals surface area contributed by atoms with Gasteiger partial charge in [-0.15, -0.1) is 11.3 Å². The fraction of sp³-hybridized carbons (Fsp3) is 0.286. The lowest BCUT2D eigenvalue weighted by atomic mass is 10.2. The summed E-state index contributed by atoms with van der Waals surface area (Å²) in [4.78, 5) is 18.1. The van der Waals surface area contributed by atoms with Gasteiger partial charge in [-0.05, 0) is 38.1 Å². The summed E-state index contributed by atoms with van der Waals surface area (Å²) in [7, 11) is -2.30. The Labute approximate surface area is 142 Å². The molecule has 0 unspecified atom stereocenters. The first-order valence-electron chi connectivity index (χ1n) is 6.36. The summed E-state index contributed by atoms with van der Waals surface area (Å²) in [6.07, 6.45) is 1.57. The molecule has 0 aliphatic heterocycles. The summed E-state index contributed by atoms with van der Waals surface area (Å²) < 4.78 is 24.8. The monoisotopic (exact) mass is 402 g/mol. The Morgan fingerprint density at radius 2 is 1.86 bits per heavy atom. The molecule has 2 rings (SSSR count). The van der Waals surface area contributed by atoms with E-state index in [1.807, 2.05) is 0 Å². The van der Waals surface area contributed by atoms with Crippen molar-refractivity contribution in [3.05, 3.63) is 40.3 Å². The minimum Gasteiger partial charge on any atom is -0.290 e. The lowest BCUT2D eigenvalue weighted by Gasteiger charge is -2.27. The molecule has 22 heavy (non-hydrogen) atoms. The van der Waals surface area contributed by atoms with E-state index in [4.69, 9.17) is 0 Å². The molecule has 0 spiro atoms. The van der Waals surface area contributed by atoms with Gasteiger partial charge in [-0.25, -0.2) is 13.4 Å². The number of carbonyl (C=O) groups excluding carboxylic acids is 1. The number of hydrogen-bond donors (Lipinski definition) is 0. The van der Waals surface area contributed by atoms with E-state index in [0.29, 0.717) is 5.13 Å². The van der Waals surface area contributed by atoms with Crippen molar-refractivity contribution in [3.63, 3.8) is 0 Å². The van der Waals surface area contributed by atoms with E-state index in [9.17, 15) is 13.2 Å². The normalized spacial score (nSPS) is 12.2. The van der Waals surface area contributed by atoms with Crippen LogP contribution in [-0.2, 0) is 14.6 Å². The molecule has 1 heterocycles. The summed E-state index contributed by atoms with van der Waals surface area (Å²) in [5, 5.41) is 2.19. The van der Waals surface area contributed by atoms with Crippen LogP contribution in [0.25, 0.3) is 0 Å². The highest BCUT2D eigenvalue weighted by atomic mass is 79.9. The number of halogens is 1. The molecular formula is C14H15BrN2O3S2. The zero-order chi connectivity index (χ0) is 16.5. The summed E-state index contributed by atoms with van der Waals surface area (Å²) in [6, 6.07) is 6.24. The second-order valence-electron chi connectivity index (χ2n) is 5.15. The van der Waals surface area contributed by atoms with Crippen molar-refractivity contribution >= 4 is 48.1 Å². The van der Waals surface area contributed by atoms with Crippen molar-refractivity contribution in [2.45, 2.75) is 23.5 Å². The Balaban J connectivity index is 2.40. The molecule has 0 saturated carbocycles. The molecule has 2 aromatic rings. The van der Waals surface area contributed by atoms with Crippen LogP contribution in [0, 0.1) is 0 Å². The molecule has 1 aromatic heterocycles. The molecule has 8 heteroatoms. The van der Waals surface area contributed by atoms with E-state index in [2.05, 4.69) is 20.9 Å². The number of hydrogen-bond acceptors (Lipinski definition) is 5. The van der Waals surface area contributed by atoms with Crippen LogP contribution in [-0.4, -0.2) is 31.1 Å². The summed E-state index contributed by atoms with van der Waals surface area (Å²) in [5.41, 5.74) is 0. The lowest BCUT2D eigenvalue weighted by molar-refractivity contribution is -0.120. The topological polar surface area (TPSA) is 67.3 Å². The van der Waals surface area contributed by atoms with E-state index in [1.54, 1.807) is 23.7 Å². The SMILES string of the molecule is CN(C(=O)C(C)(C)S(=O)(=O)c1ccc(Br)cc1)c1nccs1. The lowest BCUT2D eigenvalue weighted by Crippen LogP contribution is -2.48. The largest absolute Gasteiger partial charge is 0.290 e. The van der Waals surface area contributed by atoms with Gasteiger partial charge in [-0.1, -0.05) is 15.9 Å². The molecule has 0 aliphatic carbocycles. The van der Waals surface area contributed by atoms with Crippen molar-refractivity contribution in [1.29, 1.82) is 0 Å². The first-order chi connectivity index (χ1) is 10.2. The van der Waals surface area contributed by atoms with Gasteiger partial charge >= 0.3 is 0 Å². The van der Waals surface area contributed by atoms with Crippen LogP contribution < -0.4 is 4.90 Å². The standard InChI is InChI=1S/C14H15BrN2O3S2/c1-14(2,12(18)17(3)13-16-8-9-21-13)22(19,20)11-6-4-10(15)5-7-11/h4-9H,1-3H3. The maximum atomic E-state index is 12.8. The molecule has 0 bridgehead atoms. The Bertz CT molecular complexity index is 769. The number of carbonyl (C=O) groups is 1. The van der Waals surface area contributed by atoms with E-state index in [1.165, 1.54) is 49.3 Å². The van der Waals surface area contributed by atoms with Gasteiger partial charge in [-0.2, -0.15) is 0 Å². The number of benzene rings is 1. The fourth-order valence-electron chi connectivity index (χ4n) is 1.90. The predicted octanol–water partition coefficient (Wildman–Crippen LogP) is 3.12. The molecule has 0 atom stereocenters. The molecule has 0 N–H and O–H groups in total. The predicted molar refractivity (Wildman–Crippen MR) is 90.9 cm³/mol. The molecule has 0 fully saturated rings. The van der Waals surface area contributed by atoms with Crippen LogP contribution in [0.15, 0.2) is 45.2 Å². The number of nitrogens with zero attached hydrogens (tertiary/aromatic N) is 2. The van der Waals surface area contributed by atoms with Gasteiger partial charge in [0.2, 0.25) is 5.91 Å². The minimum absolute atomic E-state index is 0.113. The third kappa shape index (κ3) is 2.95. The van der Waals surface area contributed by atoms with Crippen LogP contribution in [0.5, 0.6) is 0 Å². The van der Waals surface area contributed by atoms with Crippen molar-refractivity contribution in [1.82, 2.24) is 4.98 Å². The Kier molecular flexibility index (Phi) is 4.74. The molecule has 1 amide bonds. The highest BCUT2D eigenvalue weighted by Gasteiger charge is 2.45. The van der Waals surface area contributed by atoms with Gasteiger partial charge in [0, 0.05) is 23.1 Å². The highest BCUT2D eigenvalue weighted by Crippen LogP contribution is 2.30. The van der Waals surface area contributed by atoms with Crippen molar-refractivity contribution in [3.8, 4) is 0 Å². The highest BCUT2D eigenvalue weighted by molar-refractivity contribution is 9.10. The number of aromatic nitrogens is 1. The van der Waals surface area contributed by atoms with Gasteiger partial charge in [0.15, 0.2) is 15.0 Å². The van der Waals surface area contributed by atoms with E-state index >= 15 is 0 Å². The Morgan fingerprint density at radius 3 is 2.36 bits per heavy atom. The van der Waals surface area contributed by atoms with Gasteiger partial charge in [0.05, 0.1) is 4.90 Å². The van der Waals surface area contributed by atoms with Gasteiger partial charge in [0.25, 0.3) is 0 Å². The molecule has 1 aromatic carbocycles. The smallest absolute Gasteiger partial charge is 0.249 e. The zero-order valence-corrected chi connectivity index (χ0v) is 15.5. The third-order valence-corrected chi connectivity index (χ3v) is 7.11. The first-order valence-corrected chi connectivity index (χ1v) is 9.51. The van der Waals surface area contributed by atoms with Gasteiger partial charge in [0.1, 0.15) is 4.75 Å². The quantitative estimate of drug-likeness (QED) is 0.787. The number of thiazole rings is 1. The molecule has 0 radical (unpaired) electrons. The summed E-state index contributed by atoms with van der Waals surface area (Å²) in [6.45, 7) is 2.83. The zero-order valence-electron chi connectivity index (χ0n) is 12.3. The van der Waals surface area contributed by atoms with Crippen molar-refractivity contribution in [2.75, 3.05) is 11.9 Å². The number of rotatable bonds is 4. The fourth-order valence-corrected chi connectivity index (χ4v) is 4.22. The van der Waals surface area contributed by atoms with Crippen LogP contribution in [0.1, 0.15) is 13.8 Å². The van der Waals surface area contributed by atoms with E-state index in [-0.39, 0.29) is 4.90 Å². The molecule has 118 valence electrons. The second kappa shape index (κ2) is 6.10. The van der Waals surface area contributed by atoms with Crippen LogP contribution in [0.3, 0.4) is 0 Å². The Morgan fingerprint density at radius 1 is 1.27 bits per heavy atom. The van der Waals surface area contributed by atoms with Gasteiger partial charge < -0.3 is 0 Å². The van der Waals surface area contributed by atoms with Gasteiger partial charge in [-0.3, -0.25) is 9.69 Å². The van der Waals surface area contributed by atoms with Crippen LogP contribution >= 0.6 is 27.3 Å². The Hall–Kier alpha value is -1.25. The molecule has 0 aliphatic rings. The van der Waals surface area contributed by atoms with E-state index in [0.717, 1.165) is 4.47 Å². The minimum atomic E-state index is -3.83. The maximum absolute atomic E-state index is 12.8. The number of amides is 1. The molecule has 0 saturated heterocycles. The summed E-state index contributed by atoms with van der Waals surface area (Å²) in [5.74, 6) is -0.523. The second-order valence-corrected chi connectivity index (χ2v) is 9.43. The third-order valence-electron chi connectivity index (χ3n) is 3.32. The molecular weight excluding hydrogens is 388 g/mol. The molecule has 5 nitrogen and oxygen atoms in total. The first kappa shape index (κ1) is 17.1. The van der Waals surface area contributed by atoms with Crippen molar-refractivity contribution < 1.29 is 13.2 Å². The number of sulfone groups is 1. The average molecular weight is 403 g/mol. The number of anilines is 1. The maximum Gasteiger partial charge on any atom is 0.249 e. The van der Waals surface area contributed by atoms with Crippen LogP contribution in [0.2, 0.25) is 0 Å². The van der Waals surface area contributed by atoms with Crippen molar-refractivity contribution in [2.24, 2.45) is 0 Å². The average Bonchev–Trinajstić information content (AvgIpc) is 3.00. The summed E-state index contributed by atoms with van der Waals surface area (Å²) >= 11 is 4.54. The van der Waals surface area contributed by atoms with Crippen LogP contribution in [0.4, 0.5) is 5.13 Å².